The summed E-state index contributed by atoms with van der Waals surface area (Å²) in [6.45, 7) is 0. The minimum atomic E-state index is 0.686. The van der Waals surface area contributed by atoms with E-state index in [0.717, 1.165) is 33.7 Å². The number of aromatic nitrogens is 4. The van der Waals surface area contributed by atoms with Crippen molar-refractivity contribution in [2.45, 2.75) is 0 Å². The summed E-state index contributed by atoms with van der Waals surface area (Å²) in [6.07, 6.45) is 1.53. The van der Waals surface area contributed by atoms with Gasteiger partial charge in [0.25, 0.3) is 0 Å². The van der Waals surface area contributed by atoms with Crippen LogP contribution in [-0.2, 0) is 0 Å². The fraction of sp³-hybridized carbons (Fsp3) is 0.0588. The van der Waals surface area contributed by atoms with E-state index >= 15 is 0 Å². The lowest BCUT2D eigenvalue weighted by Crippen LogP contribution is -1.97. The fourth-order valence-electron chi connectivity index (χ4n) is 2.47. The van der Waals surface area contributed by atoms with Crippen molar-refractivity contribution in [3.8, 4) is 17.0 Å². The first kappa shape index (κ1) is 14.5. The van der Waals surface area contributed by atoms with Crippen molar-refractivity contribution >= 4 is 34.3 Å². The number of hydrogen-bond acceptors (Lipinski definition) is 7. The Morgan fingerprint density at radius 1 is 1.00 bits per heavy atom. The van der Waals surface area contributed by atoms with Crippen LogP contribution in [0.15, 0.2) is 54.9 Å². The van der Waals surface area contributed by atoms with Crippen LogP contribution in [0.5, 0.6) is 5.75 Å². The number of para-hydroxylation sites is 1. The molecule has 2 heterocycles. The van der Waals surface area contributed by atoms with Crippen molar-refractivity contribution in [1.82, 2.24) is 18.7 Å². The van der Waals surface area contributed by atoms with Crippen LogP contribution < -0.4 is 10.1 Å². The Bertz CT molecular complexity index is 1000. The zero-order valence-electron chi connectivity index (χ0n) is 12.8. The minimum absolute atomic E-state index is 0.686. The number of benzene rings is 2. The van der Waals surface area contributed by atoms with Crippen LogP contribution in [0.25, 0.3) is 22.3 Å². The van der Waals surface area contributed by atoms with Crippen LogP contribution in [0, 0.1) is 0 Å². The number of fused-ring (bicyclic) bond motifs is 1. The standard InChI is InChI=1S/C17H13N5OS/c1-23-15-8-3-2-5-11(15)14-9-16(19-10-18-14)20-12-6-4-7-13-17(12)22-24-21-13/h2-10H,1H3,(H,18,19,20). The maximum absolute atomic E-state index is 5.41. The first-order chi connectivity index (χ1) is 11.8. The average molecular weight is 335 g/mol. The van der Waals surface area contributed by atoms with Gasteiger partial charge in [-0.05, 0) is 24.3 Å². The smallest absolute Gasteiger partial charge is 0.134 e. The summed E-state index contributed by atoms with van der Waals surface area (Å²) < 4.78 is 14.0. The number of anilines is 2. The van der Waals surface area contributed by atoms with E-state index in [9.17, 15) is 0 Å². The molecule has 0 atom stereocenters. The van der Waals surface area contributed by atoms with Crippen molar-refractivity contribution in [2.24, 2.45) is 0 Å². The highest BCUT2D eigenvalue weighted by atomic mass is 32.1. The molecule has 118 valence electrons. The molecule has 0 amide bonds. The van der Waals surface area contributed by atoms with Crippen molar-refractivity contribution < 1.29 is 4.74 Å². The van der Waals surface area contributed by atoms with Gasteiger partial charge in [-0.2, -0.15) is 8.75 Å². The van der Waals surface area contributed by atoms with Crippen LogP contribution in [0.2, 0.25) is 0 Å². The lowest BCUT2D eigenvalue weighted by atomic mass is 10.1. The van der Waals surface area contributed by atoms with Gasteiger partial charge in [0.1, 0.15) is 28.9 Å². The molecule has 0 fully saturated rings. The highest BCUT2D eigenvalue weighted by molar-refractivity contribution is 7.00. The largest absolute Gasteiger partial charge is 0.496 e. The molecule has 0 bridgehead atoms. The molecule has 0 aliphatic rings. The predicted octanol–water partition coefficient (Wildman–Crippen LogP) is 3.90. The Morgan fingerprint density at radius 2 is 1.92 bits per heavy atom. The van der Waals surface area contributed by atoms with Gasteiger partial charge in [-0.1, -0.05) is 18.2 Å². The third-order valence-electron chi connectivity index (χ3n) is 3.60. The highest BCUT2D eigenvalue weighted by Crippen LogP contribution is 2.30. The van der Waals surface area contributed by atoms with E-state index in [-0.39, 0.29) is 0 Å². The Morgan fingerprint density at radius 3 is 2.83 bits per heavy atom. The highest BCUT2D eigenvalue weighted by Gasteiger charge is 2.09. The Hall–Kier alpha value is -3.06. The van der Waals surface area contributed by atoms with Crippen LogP contribution in [0.4, 0.5) is 11.5 Å². The molecule has 2 aromatic carbocycles. The van der Waals surface area contributed by atoms with Crippen LogP contribution in [-0.4, -0.2) is 25.8 Å². The van der Waals surface area contributed by atoms with Gasteiger partial charge in [0.2, 0.25) is 0 Å². The molecule has 0 aliphatic carbocycles. The molecule has 4 rings (SSSR count). The van der Waals surface area contributed by atoms with Gasteiger partial charge in [0, 0.05) is 11.6 Å². The maximum atomic E-state index is 5.41. The molecular weight excluding hydrogens is 322 g/mol. The molecule has 0 unspecified atom stereocenters. The van der Waals surface area contributed by atoms with Crippen LogP contribution >= 0.6 is 11.7 Å². The average Bonchev–Trinajstić information content (AvgIpc) is 3.12. The first-order valence-electron chi connectivity index (χ1n) is 7.29. The predicted molar refractivity (Wildman–Crippen MR) is 94.7 cm³/mol. The van der Waals surface area contributed by atoms with Gasteiger partial charge in [-0.15, -0.1) is 0 Å². The number of nitrogens with one attached hydrogen (secondary N) is 1. The van der Waals surface area contributed by atoms with Gasteiger partial charge in [0.15, 0.2) is 0 Å². The Labute approximate surface area is 142 Å². The Kier molecular flexibility index (Phi) is 3.76. The third kappa shape index (κ3) is 2.65. The summed E-state index contributed by atoms with van der Waals surface area (Å²) >= 11 is 1.19. The molecule has 24 heavy (non-hydrogen) atoms. The molecule has 0 radical (unpaired) electrons. The second-order valence-corrected chi connectivity index (χ2v) is 5.58. The van der Waals surface area contributed by atoms with Crippen molar-refractivity contribution in [3.63, 3.8) is 0 Å². The number of nitrogens with zero attached hydrogens (tertiary/aromatic N) is 4. The summed E-state index contributed by atoms with van der Waals surface area (Å²) in [7, 11) is 1.65. The van der Waals surface area contributed by atoms with Crippen molar-refractivity contribution in [1.29, 1.82) is 0 Å². The molecule has 0 saturated heterocycles. The number of rotatable bonds is 4. The van der Waals surface area contributed by atoms with Gasteiger partial charge in [0.05, 0.1) is 30.2 Å². The minimum Gasteiger partial charge on any atom is -0.496 e. The van der Waals surface area contributed by atoms with Gasteiger partial charge >= 0.3 is 0 Å². The van der Waals surface area contributed by atoms with E-state index in [1.807, 2.05) is 48.5 Å². The van der Waals surface area contributed by atoms with Gasteiger partial charge in [-0.25, -0.2) is 9.97 Å². The molecule has 4 aromatic rings. The SMILES string of the molecule is COc1ccccc1-c1cc(Nc2cccc3nsnc23)ncn1. The zero-order chi connectivity index (χ0) is 16.4. The summed E-state index contributed by atoms with van der Waals surface area (Å²) in [4.78, 5) is 8.65. The van der Waals surface area contributed by atoms with Gasteiger partial charge in [-0.3, -0.25) is 0 Å². The molecule has 0 spiro atoms. The summed E-state index contributed by atoms with van der Waals surface area (Å²) in [6, 6.07) is 15.5. The fourth-order valence-corrected chi connectivity index (χ4v) is 3.02. The molecule has 7 heteroatoms. The van der Waals surface area contributed by atoms with Crippen LogP contribution in [0.3, 0.4) is 0 Å². The molecule has 0 saturated carbocycles. The summed E-state index contributed by atoms with van der Waals surface area (Å²) in [5.74, 6) is 1.46. The number of ether oxygens (including phenoxy) is 1. The molecule has 2 aromatic heterocycles. The van der Waals surface area contributed by atoms with E-state index < -0.39 is 0 Å². The molecular formula is C17H13N5OS. The third-order valence-corrected chi connectivity index (χ3v) is 4.14. The topological polar surface area (TPSA) is 72.8 Å². The number of methoxy groups -OCH3 is 1. The lowest BCUT2D eigenvalue weighted by Gasteiger charge is -2.10. The summed E-state index contributed by atoms with van der Waals surface area (Å²) in [5, 5.41) is 3.29. The monoisotopic (exact) mass is 335 g/mol. The van der Waals surface area contributed by atoms with Crippen molar-refractivity contribution in [3.05, 3.63) is 54.9 Å². The van der Waals surface area contributed by atoms with Crippen LogP contribution in [0.1, 0.15) is 0 Å². The molecule has 6 nitrogen and oxygen atoms in total. The first-order valence-corrected chi connectivity index (χ1v) is 8.02. The number of hydrogen-bond donors (Lipinski definition) is 1. The normalized spacial score (nSPS) is 10.7. The molecule has 1 N–H and O–H groups in total. The van der Waals surface area contributed by atoms with E-state index in [1.54, 1.807) is 7.11 Å². The van der Waals surface area contributed by atoms with E-state index in [4.69, 9.17) is 4.74 Å². The van der Waals surface area contributed by atoms with E-state index in [2.05, 4.69) is 24.0 Å². The summed E-state index contributed by atoms with van der Waals surface area (Å²) in [5.41, 5.74) is 4.27. The lowest BCUT2D eigenvalue weighted by molar-refractivity contribution is 0.416. The second-order valence-electron chi connectivity index (χ2n) is 5.05. The second kappa shape index (κ2) is 6.21. The van der Waals surface area contributed by atoms with Gasteiger partial charge < -0.3 is 10.1 Å². The Balaban J connectivity index is 1.72. The zero-order valence-corrected chi connectivity index (χ0v) is 13.6. The maximum Gasteiger partial charge on any atom is 0.134 e. The molecule has 0 aliphatic heterocycles. The quantitative estimate of drug-likeness (QED) is 0.610. The van der Waals surface area contributed by atoms with E-state index in [0.29, 0.717) is 5.82 Å². The van der Waals surface area contributed by atoms with E-state index in [1.165, 1.54) is 18.1 Å². The van der Waals surface area contributed by atoms with Crippen molar-refractivity contribution in [2.75, 3.05) is 12.4 Å².